The average molecular weight is 465 g/mol. The number of benzene rings is 2. The molecule has 0 aliphatic heterocycles. The van der Waals surface area contributed by atoms with Crippen LogP contribution in [0, 0.1) is 0 Å². The number of aromatic carboxylic acids is 2. The minimum atomic E-state index is -1.29. The fraction of sp³-hybridized carbons (Fsp3) is 0. The molecule has 2 aromatic carbocycles. The summed E-state index contributed by atoms with van der Waals surface area (Å²) in [6.45, 7) is 0. The second-order valence-corrected chi connectivity index (χ2v) is 4.34. The van der Waals surface area contributed by atoms with Crippen LogP contribution in [-0.4, -0.2) is 77.2 Å². The van der Waals surface area contributed by atoms with E-state index in [1.54, 1.807) is 0 Å². The van der Waals surface area contributed by atoms with E-state index in [2.05, 4.69) is 0 Å². The van der Waals surface area contributed by atoms with Crippen molar-refractivity contribution in [2.75, 3.05) is 0 Å². The first-order chi connectivity index (χ1) is 11.0. The molecule has 2 rings (SSSR count). The van der Waals surface area contributed by atoms with E-state index in [-0.39, 0.29) is 35.6 Å². The molecular formula is C14H15O10Sb. The van der Waals surface area contributed by atoms with Crippen LogP contribution in [0.3, 0.4) is 0 Å². The minimum absolute atomic E-state index is 0. The predicted molar refractivity (Wildman–Crippen MR) is 86.7 cm³/mol. The third-order valence-corrected chi connectivity index (χ3v) is 2.63. The Bertz CT molecular complexity index is 689. The van der Waals surface area contributed by atoms with E-state index in [0.29, 0.717) is 0 Å². The van der Waals surface area contributed by atoms with Gasteiger partial charge in [0.2, 0.25) is 0 Å². The molecule has 11 heteroatoms. The maximum absolute atomic E-state index is 10.3. The summed E-state index contributed by atoms with van der Waals surface area (Å²) in [6, 6.07) is 3.38. The van der Waals surface area contributed by atoms with Gasteiger partial charge < -0.3 is 40.9 Å². The molecule has 8 N–H and O–H groups in total. The van der Waals surface area contributed by atoms with Crippen molar-refractivity contribution < 1.29 is 50.4 Å². The molecule has 0 aliphatic rings. The number of phenols is 6. The molecule has 0 radical (unpaired) electrons. The van der Waals surface area contributed by atoms with Crippen molar-refractivity contribution in [1.82, 2.24) is 0 Å². The number of rotatable bonds is 2. The van der Waals surface area contributed by atoms with Crippen LogP contribution in [0.2, 0.25) is 0 Å². The molecule has 136 valence electrons. The molecule has 0 bridgehead atoms. The van der Waals surface area contributed by atoms with Crippen LogP contribution >= 0.6 is 0 Å². The summed E-state index contributed by atoms with van der Waals surface area (Å²) in [5, 5.41) is 69.9. The van der Waals surface area contributed by atoms with Gasteiger partial charge >= 0.3 is 36.4 Å². The molecule has 2 aromatic rings. The van der Waals surface area contributed by atoms with E-state index in [1.807, 2.05) is 0 Å². The Morgan fingerprint density at radius 1 is 0.560 bits per heavy atom. The molecule has 0 spiro atoms. The Balaban J connectivity index is 0.000000443. The van der Waals surface area contributed by atoms with Crippen LogP contribution in [-0.2, 0) is 0 Å². The van der Waals surface area contributed by atoms with Crippen LogP contribution in [0.15, 0.2) is 24.3 Å². The van der Waals surface area contributed by atoms with Gasteiger partial charge in [-0.05, 0) is 24.3 Å². The number of aromatic hydroxyl groups is 6. The van der Waals surface area contributed by atoms with Gasteiger partial charge in [-0.3, -0.25) is 0 Å². The van der Waals surface area contributed by atoms with Crippen molar-refractivity contribution in [3.63, 3.8) is 0 Å². The molecule has 0 heterocycles. The quantitative estimate of drug-likeness (QED) is 0.218. The van der Waals surface area contributed by atoms with Crippen molar-refractivity contribution in [2.24, 2.45) is 0 Å². The molecule has 0 aromatic heterocycles. The molecule has 0 aliphatic carbocycles. The summed E-state index contributed by atoms with van der Waals surface area (Å²) < 4.78 is 0. The van der Waals surface area contributed by atoms with E-state index in [4.69, 9.17) is 40.9 Å². The van der Waals surface area contributed by atoms with Crippen LogP contribution in [0.5, 0.6) is 34.5 Å². The number of carboxylic acid groups (broad SMARTS) is 2. The zero-order chi connectivity index (χ0) is 18.6. The van der Waals surface area contributed by atoms with Gasteiger partial charge in [-0.1, -0.05) is 0 Å². The second-order valence-electron chi connectivity index (χ2n) is 4.34. The van der Waals surface area contributed by atoms with E-state index < -0.39 is 46.4 Å². The standard InChI is InChI=1S/2C7H6O5.Sb.3H/c2*8-4-1-3(7(11)12)2-5(9)6(4)10;;;;/h2*1-2,8-10H,(H,11,12);;;;. The van der Waals surface area contributed by atoms with Crippen molar-refractivity contribution in [2.45, 2.75) is 0 Å². The Morgan fingerprint density at radius 3 is 0.920 bits per heavy atom. The first-order valence-corrected chi connectivity index (χ1v) is 6.01. The zero-order valence-corrected chi connectivity index (χ0v) is 16.4. The maximum atomic E-state index is 10.3. The van der Waals surface area contributed by atoms with Crippen LogP contribution in [0.25, 0.3) is 0 Å². The van der Waals surface area contributed by atoms with E-state index in [0.717, 1.165) is 24.3 Å². The molecule has 0 unspecified atom stereocenters. The second kappa shape index (κ2) is 8.74. The van der Waals surface area contributed by atoms with Gasteiger partial charge in [0.1, 0.15) is 0 Å². The first kappa shape index (κ1) is 22.0. The molecular weight excluding hydrogens is 450 g/mol. The van der Waals surface area contributed by atoms with Gasteiger partial charge in [-0.25, -0.2) is 9.59 Å². The normalized spacial score (nSPS) is 9.28. The Morgan fingerprint density at radius 2 is 0.760 bits per heavy atom. The molecule has 10 nitrogen and oxygen atoms in total. The Labute approximate surface area is 156 Å². The summed E-state index contributed by atoms with van der Waals surface area (Å²) in [5.41, 5.74) is -0.578. The van der Waals surface area contributed by atoms with Crippen molar-refractivity contribution in [1.29, 1.82) is 0 Å². The fourth-order valence-electron chi connectivity index (χ4n) is 1.46. The van der Waals surface area contributed by atoms with Crippen LogP contribution in [0.1, 0.15) is 20.7 Å². The number of phenolic OH excluding ortho intramolecular Hbond substituents is 6. The van der Waals surface area contributed by atoms with Crippen LogP contribution < -0.4 is 0 Å². The molecule has 0 amide bonds. The summed E-state index contributed by atoms with van der Waals surface area (Å²) in [4.78, 5) is 20.6. The van der Waals surface area contributed by atoms with Crippen molar-refractivity contribution in [3.8, 4) is 34.5 Å². The van der Waals surface area contributed by atoms with Crippen molar-refractivity contribution in [3.05, 3.63) is 35.4 Å². The van der Waals surface area contributed by atoms with Gasteiger partial charge in [0.15, 0.2) is 34.5 Å². The Kier molecular flexibility index (Phi) is 7.69. The summed E-state index contributed by atoms with van der Waals surface area (Å²) in [7, 11) is 0. The number of carbonyl (C=O) groups is 2. The number of carboxylic acids is 2. The van der Waals surface area contributed by atoms with Gasteiger partial charge in [-0.15, -0.1) is 0 Å². The molecule has 0 saturated carbocycles. The third kappa shape index (κ3) is 5.54. The van der Waals surface area contributed by atoms with Crippen LogP contribution in [0.4, 0.5) is 0 Å². The fourth-order valence-corrected chi connectivity index (χ4v) is 1.46. The van der Waals surface area contributed by atoms with Gasteiger partial charge in [0, 0.05) is 0 Å². The SMILES string of the molecule is O=C(O)c1cc(O)c(O)c(O)c1.O=C(O)c1cc(O)c(O)c(O)c1.[SbH3]. The van der Waals surface area contributed by atoms with E-state index in [9.17, 15) is 9.59 Å². The third-order valence-electron chi connectivity index (χ3n) is 2.63. The monoisotopic (exact) mass is 464 g/mol. The average Bonchev–Trinajstić information content (AvgIpc) is 2.49. The van der Waals surface area contributed by atoms with Gasteiger partial charge in [0.25, 0.3) is 0 Å². The number of hydrogen-bond donors (Lipinski definition) is 8. The molecule has 0 saturated heterocycles. The first-order valence-electron chi connectivity index (χ1n) is 6.01. The predicted octanol–water partition coefficient (Wildman–Crippen LogP) is -0.181. The van der Waals surface area contributed by atoms with Gasteiger partial charge in [0.05, 0.1) is 11.1 Å². The zero-order valence-electron chi connectivity index (χ0n) is 12.4. The van der Waals surface area contributed by atoms with Gasteiger partial charge in [-0.2, -0.15) is 0 Å². The van der Waals surface area contributed by atoms with E-state index >= 15 is 0 Å². The summed E-state index contributed by atoms with van der Waals surface area (Å²) >= 11 is 0. The Hall–Kier alpha value is -3.00. The molecule has 25 heavy (non-hydrogen) atoms. The number of hydrogen-bond acceptors (Lipinski definition) is 8. The molecule has 0 atom stereocenters. The van der Waals surface area contributed by atoms with E-state index in [1.165, 1.54) is 0 Å². The summed E-state index contributed by atoms with van der Waals surface area (Å²) in [5.74, 6) is -6.67. The summed E-state index contributed by atoms with van der Waals surface area (Å²) in [6.07, 6.45) is 0. The topological polar surface area (TPSA) is 196 Å². The molecule has 0 fully saturated rings. The van der Waals surface area contributed by atoms with Crippen molar-refractivity contribution >= 4 is 36.4 Å².